The van der Waals surface area contributed by atoms with Crippen molar-refractivity contribution in [2.75, 3.05) is 6.54 Å². The summed E-state index contributed by atoms with van der Waals surface area (Å²) in [6.45, 7) is 4.50. The number of carbonyl (C=O) groups is 1. The number of hydrogen-bond acceptors (Lipinski definition) is 4. The molecule has 5 N–H and O–H groups in total. The van der Waals surface area contributed by atoms with Gasteiger partial charge in [-0.3, -0.25) is 10.2 Å². The van der Waals surface area contributed by atoms with E-state index in [2.05, 4.69) is 10.6 Å². The molecule has 114 valence electrons. The molecule has 2 rings (SSSR count). The summed E-state index contributed by atoms with van der Waals surface area (Å²) in [6, 6.07) is 7.05. The van der Waals surface area contributed by atoms with Gasteiger partial charge in [-0.25, -0.2) is 0 Å². The van der Waals surface area contributed by atoms with Gasteiger partial charge in [0, 0.05) is 24.6 Å². The average molecular weight is 290 g/mol. The van der Waals surface area contributed by atoms with E-state index >= 15 is 0 Å². The third-order valence-electron chi connectivity index (χ3n) is 3.29. The summed E-state index contributed by atoms with van der Waals surface area (Å²) >= 11 is 0. The van der Waals surface area contributed by atoms with E-state index in [9.17, 15) is 4.79 Å². The van der Waals surface area contributed by atoms with Crippen LogP contribution in [-0.2, 0) is 4.79 Å². The van der Waals surface area contributed by atoms with Crippen LogP contribution in [0.25, 0.3) is 0 Å². The van der Waals surface area contributed by atoms with E-state index < -0.39 is 0 Å². The molecular weight excluding hydrogens is 268 g/mol. The number of amides is 1. The standard InChI is InChI=1S/C15H22N4O2/c1-9(2)19-15(20)13-7-12(8-18-13)21-11-5-3-4-10(6-11)14(16)17/h3-6,9,12-13,18H,7-8H2,1-2H3,(H3,16,17)(H,19,20). The zero-order valence-corrected chi connectivity index (χ0v) is 12.3. The van der Waals surface area contributed by atoms with Crippen molar-refractivity contribution in [1.29, 1.82) is 5.41 Å². The molecule has 2 atom stereocenters. The Labute approximate surface area is 124 Å². The highest BCUT2D eigenvalue weighted by Crippen LogP contribution is 2.18. The number of ether oxygens (including phenoxy) is 1. The number of amidine groups is 1. The van der Waals surface area contributed by atoms with E-state index in [0.717, 1.165) is 0 Å². The predicted molar refractivity (Wildman–Crippen MR) is 81.6 cm³/mol. The van der Waals surface area contributed by atoms with Gasteiger partial charge in [-0.15, -0.1) is 0 Å². The van der Waals surface area contributed by atoms with Gasteiger partial charge in [-0.2, -0.15) is 0 Å². The van der Waals surface area contributed by atoms with Gasteiger partial charge in [-0.05, 0) is 26.0 Å². The largest absolute Gasteiger partial charge is 0.489 e. The monoisotopic (exact) mass is 290 g/mol. The van der Waals surface area contributed by atoms with Crippen LogP contribution in [0.1, 0.15) is 25.8 Å². The van der Waals surface area contributed by atoms with Gasteiger partial charge in [0.25, 0.3) is 0 Å². The fourth-order valence-corrected chi connectivity index (χ4v) is 2.31. The van der Waals surface area contributed by atoms with E-state index in [1.54, 1.807) is 18.2 Å². The molecule has 1 aliphatic heterocycles. The number of carbonyl (C=O) groups excluding carboxylic acids is 1. The van der Waals surface area contributed by atoms with Crippen LogP contribution in [0.3, 0.4) is 0 Å². The lowest BCUT2D eigenvalue weighted by Gasteiger charge is -2.15. The molecule has 6 heteroatoms. The Kier molecular flexibility index (Phi) is 4.80. The number of hydrogen-bond donors (Lipinski definition) is 4. The first-order valence-corrected chi connectivity index (χ1v) is 7.10. The molecule has 0 spiro atoms. The lowest BCUT2D eigenvalue weighted by Crippen LogP contribution is -2.43. The minimum Gasteiger partial charge on any atom is -0.489 e. The summed E-state index contributed by atoms with van der Waals surface area (Å²) in [4.78, 5) is 11.9. The molecule has 1 aliphatic rings. The van der Waals surface area contributed by atoms with Crippen LogP contribution in [0.5, 0.6) is 5.75 Å². The van der Waals surface area contributed by atoms with Crippen molar-refractivity contribution >= 4 is 11.7 Å². The first-order chi connectivity index (χ1) is 9.95. The van der Waals surface area contributed by atoms with Crippen molar-refractivity contribution in [3.05, 3.63) is 29.8 Å². The molecule has 0 aliphatic carbocycles. The highest BCUT2D eigenvalue weighted by molar-refractivity contribution is 5.95. The molecule has 0 bridgehead atoms. The summed E-state index contributed by atoms with van der Waals surface area (Å²) < 4.78 is 5.86. The molecule has 1 aromatic carbocycles. The number of rotatable bonds is 5. The summed E-state index contributed by atoms with van der Waals surface area (Å²) in [6.07, 6.45) is 0.568. The van der Waals surface area contributed by atoms with Crippen molar-refractivity contribution in [2.45, 2.75) is 38.5 Å². The van der Waals surface area contributed by atoms with Crippen molar-refractivity contribution in [3.8, 4) is 5.75 Å². The van der Waals surface area contributed by atoms with Crippen LogP contribution in [-0.4, -0.2) is 36.5 Å². The Morgan fingerprint density at radius 3 is 2.95 bits per heavy atom. The smallest absolute Gasteiger partial charge is 0.237 e. The molecule has 0 saturated carbocycles. The predicted octanol–water partition coefficient (Wildman–Crippen LogP) is 0.605. The zero-order chi connectivity index (χ0) is 15.4. The fourth-order valence-electron chi connectivity index (χ4n) is 2.31. The van der Waals surface area contributed by atoms with E-state index in [4.69, 9.17) is 15.9 Å². The molecule has 21 heavy (non-hydrogen) atoms. The second kappa shape index (κ2) is 6.58. The average Bonchev–Trinajstić information content (AvgIpc) is 2.87. The molecule has 0 aromatic heterocycles. The first-order valence-electron chi connectivity index (χ1n) is 7.10. The Hall–Kier alpha value is -2.08. The highest BCUT2D eigenvalue weighted by atomic mass is 16.5. The van der Waals surface area contributed by atoms with E-state index in [-0.39, 0.29) is 29.9 Å². The zero-order valence-electron chi connectivity index (χ0n) is 12.3. The summed E-state index contributed by atoms with van der Waals surface area (Å²) in [5.41, 5.74) is 6.09. The maximum Gasteiger partial charge on any atom is 0.237 e. The van der Waals surface area contributed by atoms with Crippen LogP contribution >= 0.6 is 0 Å². The van der Waals surface area contributed by atoms with Gasteiger partial charge in [0.2, 0.25) is 5.91 Å². The Morgan fingerprint density at radius 1 is 1.52 bits per heavy atom. The van der Waals surface area contributed by atoms with Crippen LogP contribution in [0.15, 0.2) is 24.3 Å². The lowest BCUT2D eigenvalue weighted by atomic mass is 10.1. The normalized spacial score (nSPS) is 21.3. The quantitative estimate of drug-likeness (QED) is 0.471. The fraction of sp³-hybridized carbons (Fsp3) is 0.467. The number of nitrogens with two attached hydrogens (primary N) is 1. The van der Waals surface area contributed by atoms with Gasteiger partial charge in [0.1, 0.15) is 17.7 Å². The highest BCUT2D eigenvalue weighted by Gasteiger charge is 2.30. The Bertz CT molecular complexity index is 530. The molecule has 1 amide bonds. The van der Waals surface area contributed by atoms with Crippen molar-refractivity contribution in [2.24, 2.45) is 5.73 Å². The summed E-state index contributed by atoms with van der Waals surface area (Å²) in [5, 5.41) is 13.5. The minimum atomic E-state index is -0.214. The Morgan fingerprint density at radius 2 is 2.29 bits per heavy atom. The van der Waals surface area contributed by atoms with E-state index in [1.165, 1.54) is 0 Å². The van der Waals surface area contributed by atoms with Gasteiger partial charge in [-0.1, -0.05) is 12.1 Å². The van der Waals surface area contributed by atoms with E-state index in [1.807, 2.05) is 19.9 Å². The molecule has 1 fully saturated rings. The SMILES string of the molecule is CC(C)NC(=O)C1CC(Oc2cccc(C(=N)N)c2)CN1. The van der Waals surface area contributed by atoms with Crippen LogP contribution < -0.4 is 21.1 Å². The number of nitrogens with one attached hydrogen (secondary N) is 3. The van der Waals surface area contributed by atoms with Crippen LogP contribution in [0.2, 0.25) is 0 Å². The van der Waals surface area contributed by atoms with Gasteiger partial charge < -0.3 is 21.1 Å². The van der Waals surface area contributed by atoms with Gasteiger partial charge in [0.15, 0.2) is 0 Å². The van der Waals surface area contributed by atoms with Crippen molar-refractivity contribution in [3.63, 3.8) is 0 Å². The number of benzene rings is 1. The second-order valence-electron chi connectivity index (χ2n) is 5.54. The third kappa shape index (κ3) is 4.19. The molecule has 2 unspecified atom stereocenters. The van der Waals surface area contributed by atoms with Crippen LogP contribution in [0.4, 0.5) is 0 Å². The summed E-state index contributed by atoms with van der Waals surface area (Å²) in [7, 11) is 0. The molecular formula is C15H22N4O2. The van der Waals surface area contributed by atoms with Crippen molar-refractivity contribution < 1.29 is 9.53 Å². The number of nitrogen functional groups attached to an aromatic ring is 1. The van der Waals surface area contributed by atoms with Crippen molar-refractivity contribution in [1.82, 2.24) is 10.6 Å². The topological polar surface area (TPSA) is 100 Å². The second-order valence-corrected chi connectivity index (χ2v) is 5.54. The van der Waals surface area contributed by atoms with E-state index in [0.29, 0.717) is 24.3 Å². The lowest BCUT2D eigenvalue weighted by molar-refractivity contribution is -0.123. The summed E-state index contributed by atoms with van der Waals surface area (Å²) in [5.74, 6) is 0.687. The van der Waals surface area contributed by atoms with Gasteiger partial charge >= 0.3 is 0 Å². The molecule has 1 saturated heterocycles. The minimum absolute atomic E-state index is 0.00795. The third-order valence-corrected chi connectivity index (χ3v) is 3.29. The maximum atomic E-state index is 11.9. The molecule has 1 heterocycles. The Balaban J connectivity index is 1.92. The molecule has 1 aromatic rings. The maximum absolute atomic E-state index is 11.9. The van der Waals surface area contributed by atoms with Gasteiger partial charge in [0.05, 0.1) is 6.04 Å². The van der Waals surface area contributed by atoms with Crippen LogP contribution in [0, 0.1) is 5.41 Å². The molecule has 6 nitrogen and oxygen atoms in total. The first kappa shape index (κ1) is 15.3. The molecule has 0 radical (unpaired) electrons.